The highest BCUT2D eigenvalue weighted by Gasteiger charge is 2.02. The Kier molecular flexibility index (Phi) is 32.5. The Morgan fingerprint density at radius 3 is 1.10 bits per heavy atom. The maximum atomic E-state index is 11.6. The molecule has 0 bridgehead atoms. The first kappa shape index (κ1) is 43.5. The first-order valence-electron chi connectivity index (χ1n) is 16.2. The third kappa shape index (κ3) is 33.4. The molecule has 16 nitrogen and oxygen atoms in total. The molecule has 0 aromatic heterocycles. The molecule has 1 aromatic carbocycles. The fraction of sp³-hybridized carbons (Fsp3) is 0.750. The van der Waals surface area contributed by atoms with E-state index in [9.17, 15) is 9.59 Å². The van der Waals surface area contributed by atoms with Gasteiger partial charge in [-0.05, 0) is 5.56 Å². The summed E-state index contributed by atoms with van der Waals surface area (Å²) in [6, 6.07) is 9.48. The summed E-state index contributed by atoms with van der Waals surface area (Å²) in [7, 11) is 0. The van der Waals surface area contributed by atoms with Gasteiger partial charge in [-0.1, -0.05) is 30.3 Å². The highest BCUT2D eigenvalue weighted by molar-refractivity contribution is 5.68. The van der Waals surface area contributed by atoms with Crippen LogP contribution in [-0.2, 0) is 68.2 Å². The van der Waals surface area contributed by atoms with Gasteiger partial charge in [0.05, 0.1) is 139 Å². The fourth-order valence-electron chi connectivity index (χ4n) is 3.36. The van der Waals surface area contributed by atoms with Crippen LogP contribution in [0.15, 0.2) is 30.3 Å². The van der Waals surface area contributed by atoms with Crippen molar-refractivity contribution in [2.45, 2.75) is 6.61 Å². The van der Waals surface area contributed by atoms with Gasteiger partial charge in [0.1, 0.15) is 13.2 Å². The lowest BCUT2D eigenvalue weighted by Crippen LogP contribution is -2.28. The Bertz CT molecular complexity index is 837. The van der Waals surface area contributed by atoms with Crippen LogP contribution in [0, 0.1) is 0 Å². The van der Waals surface area contributed by atoms with Gasteiger partial charge < -0.3 is 67.3 Å². The molecule has 16 heteroatoms. The van der Waals surface area contributed by atoms with E-state index in [2.05, 4.69) is 5.32 Å². The van der Waals surface area contributed by atoms with Gasteiger partial charge in [0.25, 0.3) is 0 Å². The maximum Gasteiger partial charge on any atom is 0.407 e. The van der Waals surface area contributed by atoms with E-state index in [1.54, 1.807) is 0 Å². The highest BCUT2D eigenvalue weighted by Crippen LogP contribution is 2.00. The van der Waals surface area contributed by atoms with Crippen LogP contribution in [0.4, 0.5) is 4.79 Å². The minimum Gasteiger partial charge on any atom is -0.480 e. The predicted molar refractivity (Wildman–Crippen MR) is 171 cm³/mol. The number of hydrogen-bond donors (Lipinski definition) is 2. The zero-order valence-corrected chi connectivity index (χ0v) is 28.0. The number of benzene rings is 1. The monoisotopic (exact) mass is 693 g/mol. The number of hydrogen-bond acceptors (Lipinski definition) is 14. The van der Waals surface area contributed by atoms with Crippen molar-refractivity contribution in [1.29, 1.82) is 0 Å². The van der Waals surface area contributed by atoms with E-state index in [1.165, 1.54) is 0 Å². The summed E-state index contributed by atoms with van der Waals surface area (Å²) in [5.74, 6) is -1.000. The number of rotatable bonds is 37. The number of alkyl carbamates (subject to hydrolysis) is 1. The molecule has 48 heavy (non-hydrogen) atoms. The van der Waals surface area contributed by atoms with Gasteiger partial charge in [-0.15, -0.1) is 0 Å². The van der Waals surface area contributed by atoms with Crippen LogP contribution >= 0.6 is 0 Å². The average Bonchev–Trinajstić information content (AvgIpc) is 3.09. The van der Waals surface area contributed by atoms with Gasteiger partial charge in [-0.3, -0.25) is 0 Å². The lowest BCUT2D eigenvalue weighted by Gasteiger charge is -2.09. The predicted octanol–water partition coefficient (Wildman–Crippen LogP) is 1.18. The SMILES string of the molecule is O=C(O)COCCOCCOCCOCCOCCOCCOCCOCCOCCOCCOCCNC(=O)OCc1ccccc1. The van der Waals surface area contributed by atoms with Crippen molar-refractivity contribution in [2.24, 2.45) is 0 Å². The van der Waals surface area contributed by atoms with Crippen molar-refractivity contribution in [3.63, 3.8) is 0 Å². The quantitative estimate of drug-likeness (QED) is 0.0949. The van der Waals surface area contributed by atoms with Crippen LogP contribution in [-0.4, -0.2) is 169 Å². The van der Waals surface area contributed by atoms with E-state index in [4.69, 9.17) is 61.9 Å². The van der Waals surface area contributed by atoms with Gasteiger partial charge in [-0.2, -0.15) is 0 Å². The molecule has 0 saturated heterocycles. The molecule has 0 spiro atoms. The topological polar surface area (TPSA) is 177 Å². The summed E-state index contributed by atoms with van der Waals surface area (Å²) < 4.78 is 64.1. The Morgan fingerprint density at radius 1 is 0.458 bits per heavy atom. The zero-order valence-electron chi connectivity index (χ0n) is 28.0. The third-order valence-corrected chi connectivity index (χ3v) is 5.67. The molecule has 1 amide bonds. The molecular formula is C32H55NO15. The fourth-order valence-corrected chi connectivity index (χ4v) is 3.36. The normalized spacial score (nSPS) is 11.2. The van der Waals surface area contributed by atoms with Crippen LogP contribution in [0.3, 0.4) is 0 Å². The molecule has 0 saturated carbocycles. The number of carboxylic acid groups (broad SMARTS) is 1. The van der Waals surface area contributed by atoms with E-state index < -0.39 is 12.1 Å². The number of carboxylic acids is 1. The lowest BCUT2D eigenvalue weighted by atomic mass is 10.2. The molecule has 0 aliphatic carbocycles. The van der Waals surface area contributed by atoms with Gasteiger partial charge in [-0.25, -0.2) is 9.59 Å². The second-order valence-corrected chi connectivity index (χ2v) is 9.56. The van der Waals surface area contributed by atoms with Crippen LogP contribution in [0.5, 0.6) is 0 Å². The molecule has 1 rings (SSSR count). The number of ether oxygens (including phenoxy) is 12. The molecule has 2 N–H and O–H groups in total. The summed E-state index contributed by atoms with van der Waals surface area (Å²) in [4.78, 5) is 21.9. The molecule has 1 aromatic rings. The Balaban J connectivity index is 1.64. The molecule has 0 fully saturated rings. The van der Waals surface area contributed by atoms with Crippen molar-refractivity contribution < 1.29 is 71.5 Å². The van der Waals surface area contributed by atoms with E-state index in [1.807, 2.05) is 30.3 Å². The molecule has 0 unspecified atom stereocenters. The van der Waals surface area contributed by atoms with E-state index >= 15 is 0 Å². The molecule has 0 atom stereocenters. The largest absolute Gasteiger partial charge is 0.480 e. The molecule has 0 radical (unpaired) electrons. The zero-order chi connectivity index (χ0) is 34.4. The van der Waals surface area contributed by atoms with E-state index in [0.29, 0.717) is 139 Å². The number of nitrogens with one attached hydrogen (secondary N) is 1. The number of carbonyl (C=O) groups is 2. The molecular weight excluding hydrogens is 638 g/mol. The molecule has 0 aliphatic rings. The van der Waals surface area contributed by atoms with Gasteiger partial charge in [0.2, 0.25) is 0 Å². The Morgan fingerprint density at radius 2 is 0.771 bits per heavy atom. The second kappa shape index (κ2) is 35.8. The van der Waals surface area contributed by atoms with E-state index in [0.717, 1.165) is 5.56 Å². The summed E-state index contributed by atoms with van der Waals surface area (Å²) in [6.07, 6.45) is -0.475. The number of amides is 1. The first-order chi connectivity index (χ1) is 23.7. The molecule has 0 heterocycles. The second-order valence-electron chi connectivity index (χ2n) is 9.56. The standard InChI is InChI=1S/C32H55NO15/c34-31(35)29-47-27-26-46-25-24-45-23-22-44-21-20-43-19-18-42-17-16-41-15-14-40-13-12-39-11-10-38-9-8-37-7-6-33-32(36)48-28-30-4-2-1-3-5-30/h1-5H,6-29H2,(H,33,36)(H,34,35). The lowest BCUT2D eigenvalue weighted by molar-refractivity contribution is -0.142. The first-order valence-corrected chi connectivity index (χ1v) is 16.2. The minimum absolute atomic E-state index is 0.232. The van der Waals surface area contributed by atoms with Crippen LogP contribution in [0.1, 0.15) is 5.56 Å². The Labute approximate surface area is 283 Å². The highest BCUT2D eigenvalue weighted by atomic mass is 16.6. The van der Waals surface area contributed by atoms with Crippen LogP contribution in [0.25, 0.3) is 0 Å². The smallest absolute Gasteiger partial charge is 0.407 e. The van der Waals surface area contributed by atoms with E-state index in [-0.39, 0.29) is 19.8 Å². The van der Waals surface area contributed by atoms with Crippen molar-refractivity contribution in [3.8, 4) is 0 Å². The van der Waals surface area contributed by atoms with Gasteiger partial charge >= 0.3 is 12.1 Å². The summed E-state index contributed by atoms with van der Waals surface area (Å²) in [5.41, 5.74) is 0.933. The molecule has 278 valence electrons. The summed E-state index contributed by atoms with van der Waals surface area (Å²) >= 11 is 0. The van der Waals surface area contributed by atoms with Gasteiger partial charge in [0, 0.05) is 6.54 Å². The molecule has 0 aliphatic heterocycles. The van der Waals surface area contributed by atoms with Crippen molar-refractivity contribution in [3.05, 3.63) is 35.9 Å². The minimum atomic E-state index is -1.000. The van der Waals surface area contributed by atoms with Crippen molar-refractivity contribution in [1.82, 2.24) is 5.32 Å². The third-order valence-electron chi connectivity index (χ3n) is 5.67. The van der Waals surface area contributed by atoms with Gasteiger partial charge in [0.15, 0.2) is 0 Å². The number of aliphatic carboxylic acids is 1. The Hall–Kier alpha value is -2.48. The summed E-state index contributed by atoms with van der Waals surface area (Å²) in [6.45, 7) is 9.49. The summed E-state index contributed by atoms with van der Waals surface area (Å²) in [5, 5.41) is 11.1. The number of carbonyl (C=O) groups excluding carboxylic acids is 1. The van der Waals surface area contributed by atoms with Crippen LogP contribution in [0.2, 0.25) is 0 Å². The van der Waals surface area contributed by atoms with Crippen LogP contribution < -0.4 is 5.32 Å². The maximum absolute atomic E-state index is 11.6. The van der Waals surface area contributed by atoms with Crippen molar-refractivity contribution in [2.75, 3.05) is 152 Å². The van der Waals surface area contributed by atoms with Crippen molar-refractivity contribution >= 4 is 12.1 Å². The average molecular weight is 694 g/mol.